The van der Waals surface area contributed by atoms with E-state index < -0.39 is 5.38 Å². The molecule has 2 aromatic carbocycles. The van der Waals surface area contributed by atoms with Gasteiger partial charge in [-0.25, -0.2) is 4.39 Å². The minimum atomic E-state index is -0.527. The van der Waals surface area contributed by atoms with E-state index in [1.165, 1.54) is 6.07 Å². The maximum Gasteiger partial charge on any atom is 0.128 e. The topological polar surface area (TPSA) is 9.23 Å². The first-order valence-electron chi connectivity index (χ1n) is 6.33. The number of benzene rings is 2. The van der Waals surface area contributed by atoms with Gasteiger partial charge < -0.3 is 4.74 Å². The molecule has 0 spiro atoms. The Labute approximate surface area is 131 Å². The van der Waals surface area contributed by atoms with E-state index in [9.17, 15) is 4.39 Å². The lowest BCUT2D eigenvalue weighted by Gasteiger charge is -2.14. The molecule has 1 nitrogen and oxygen atoms in total. The van der Waals surface area contributed by atoms with Gasteiger partial charge in [-0.3, -0.25) is 0 Å². The summed E-state index contributed by atoms with van der Waals surface area (Å²) < 4.78 is 20.2. The molecule has 0 aromatic heterocycles. The van der Waals surface area contributed by atoms with E-state index >= 15 is 0 Å². The Kier molecular flexibility index (Phi) is 5.06. The van der Waals surface area contributed by atoms with Crippen LogP contribution in [0.4, 0.5) is 4.39 Å². The highest BCUT2D eigenvalue weighted by Crippen LogP contribution is 2.33. The molecule has 0 bridgehead atoms. The van der Waals surface area contributed by atoms with Crippen LogP contribution in [-0.4, -0.2) is 6.10 Å². The van der Waals surface area contributed by atoms with Crippen molar-refractivity contribution in [3.05, 3.63) is 63.9 Å². The monoisotopic (exact) mass is 356 g/mol. The molecule has 4 heteroatoms. The van der Waals surface area contributed by atoms with E-state index in [-0.39, 0.29) is 11.9 Å². The molecule has 0 N–H and O–H groups in total. The van der Waals surface area contributed by atoms with Crippen LogP contribution in [0.1, 0.15) is 30.4 Å². The van der Waals surface area contributed by atoms with Crippen LogP contribution < -0.4 is 4.74 Å². The van der Waals surface area contributed by atoms with Crippen LogP contribution in [0.25, 0.3) is 0 Å². The van der Waals surface area contributed by atoms with Gasteiger partial charge in [0.05, 0.1) is 11.5 Å². The summed E-state index contributed by atoms with van der Waals surface area (Å²) in [4.78, 5) is 0. The molecular weight excluding hydrogens is 343 g/mol. The summed E-state index contributed by atoms with van der Waals surface area (Å²) in [7, 11) is 0. The normalized spacial score (nSPS) is 12.5. The number of rotatable bonds is 4. The molecule has 2 rings (SSSR count). The fourth-order valence-corrected chi connectivity index (χ4v) is 2.57. The number of halogens is 3. The Balaban J connectivity index is 2.24. The quantitative estimate of drug-likeness (QED) is 0.637. The number of alkyl halides is 1. The standard InChI is InChI=1S/C16H15BrClFO/c1-10(2)20-13-6-3-11(4-7-13)16(18)14-9-12(17)5-8-15(14)19/h3-10,16H,1-2H3. The van der Waals surface area contributed by atoms with E-state index in [2.05, 4.69) is 15.9 Å². The predicted molar refractivity (Wildman–Crippen MR) is 84.0 cm³/mol. The fraction of sp³-hybridized carbons (Fsp3) is 0.250. The lowest BCUT2D eigenvalue weighted by molar-refractivity contribution is 0.242. The highest BCUT2D eigenvalue weighted by atomic mass is 79.9. The molecule has 1 unspecified atom stereocenters. The molecule has 0 fully saturated rings. The Hall–Kier alpha value is -1.06. The van der Waals surface area contributed by atoms with Crippen LogP contribution in [-0.2, 0) is 0 Å². The molecule has 106 valence electrons. The fourth-order valence-electron chi connectivity index (χ4n) is 1.88. The molecule has 0 aliphatic heterocycles. The van der Waals surface area contributed by atoms with Gasteiger partial charge >= 0.3 is 0 Å². The summed E-state index contributed by atoms with van der Waals surface area (Å²) >= 11 is 9.70. The van der Waals surface area contributed by atoms with Gasteiger partial charge in [0.1, 0.15) is 11.6 Å². The van der Waals surface area contributed by atoms with Gasteiger partial charge in [0.15, 0.2) is 0 Å². The third kappa shape index (κ3) is 3.74. The smallest absolute Gasteiger partial charge is 0.128 e. The SMILES string of the molecule is CC(C)Oc1ccc(C(Cl)c2cc(Br)ccc2F)cc1. The van der Waals surface area contributed by atoms with Crippen molar-refractivity contribution >= 4 is 27.5 Å². The number of hydrogen-bond acceptors (Lipinski definition) is 1. The first-order valence-corrected chi connectivity index (χ1v) is 7.56. The third-order valence-electron chi connectivity index (χ3n) is 2.78. The molecule has 1 atom stereocenters. The summed E-state index contributed by atoms with van der Waals surface area (Å²) in [5, 5.41) is -0.527. The van der Waals surface area contributed by atoms with Gasteiger partial charge in [-0.15, -0.1) is 11.6 Å². The lowest BCUT2D eigenvalue weighted by Crippen LogP contribution is -2.05. The molecule has 0 heterocycles. The number of hydrogen-bond donors (Lipinski definition) is 0. The zero-order valence-corrected chi connectivity index (χ0v) is 13.6. The van der Waals surface area contributed by atoms with Crippen LogP contribution in [0.3, 0.4) is 0 Å². The number of ether oxygens (including phenoxy) is 1. The molecule has 0 aliphatic carbocycles. The van der Waals surface area contributed by atoms with Crippen LogP contribution in [0.2, 0.25) is 0 Å². The highest BCUT2D eigenvalue weighted by Gasteiger charge is 2.15. The average molecular weight is 358 g/mol. The Morgan fingerprint density at radius 3 is 2.35 bits per heavy atom. The Bertz CT molecular complexity index is 584. The van der Waals surface area contributed by atoms with Crippen molar-refractivity contribution in [1.82, 2.24) is 0 Å². The van der Waals surface area contributed by atoms with E-state index in [0.717, 1.165) is 15.8 Å². The van der Waals surface area contributed by atoms with Crippen molar-refractivity contribution in [1.29, 1.82) is 0 Å². The zero-order valence-electron chi connectivity index (χ0n) is 11.2. The summed E-state index contributed by atoms with van der Waals surface area (Å²) in [6, 6.07) is 12.2. The van der Waals surface area contributed by atoms with Crippen molar-refractivity contribution < 1.29 is 9.13 Å². The second-order valence-electron chi connectivity index (χ2n) is 4.76. The minimum absolute atomic E-state index is 0.121. The first-order chi connectivity index (χ1) is 9.47. The van der Waals surface area contributed by atoms with Gasteiger partial charge in [-0.1, -0.05) is 28.1 Å². The van der Waals surface area contributed by atoms with Gasteiger partial charge in [0.2, 0.25) is 0 Å². The molecule has 0 saturated heterocycles. The third-order valence-corrected chi connectivity index (χ3v) is 3.76. The average Bonchev–Trinajstić information content (AvgIpc) is 2.41. The van der Waals surface area contributed by atoms with Crippen LogP contribution in [0.15, 0.2) is 46.9 Å². The second-order valence-corrected chi connectivity index (χ2v) is 6.12. The molecule has 0 aliphatic rings. The predicted octanol–water partition coefficient (Wildman–Crippen LogP) is 5.70. The molecular formula is C16H15BrClFO. The summed E-state index contributed by atoms with van der Waals surface area (Å²) in [6.45, 7) is 3.93. The van der Waals surface area contributed by atoms with Crippen LogP contribution >= 0.6 is 27.5 Å². The van der Waals surface area contributed by atoms with Crippen molar-refractivity contribution in [3.8, 4) is 5.75 Å². The van der Waals surface area contributed by atoms with Gasteiger partial charge in [0, 0.05) is 10.0 Å². The lowest BCUT2D eigenvalue weighted by atomic mass is 10.0. The first kappa shape index (κ1) is 15.3. The molecule has 0 saturated carbocycles. The zero-order chi connectivity index (χ0) is 14.7. The minimum Gasteiger partial charge on any atom is -0.491 e. The maximum atomic E-state index is 13.8. The van der Waals surface area contributed by atoms with Crippen molar-refractivity contribution in [2.24, 2.45) is 0 Å². The van der Waals surface area contributed by atoms with E-state index in [1.807, 2.05) is 38.1 Å². The summed E-state index contributed by atoms with van der Waals surface area (Å²) in [5.41, 5.74) is 1.29. The van der Waals surface area contributed by atoms with Crippen LogP contribution in [0, 0.1) is 5.82 Å². The molecule has 2 aromatic rings. The Morgan fingerprint density at radius 1 is 1.10 bits per heavy atom. The van der Waals surface area contributed by atoms with Gasteiger partial charge in [-0.05, 0) is 49.7 Å². The molecule has 0 amide bonds. The summed E-state index contributed by atoms with van der Waals surface area (Å²) in [5.74, 6) is 0.470. The van der Waals surface area contributed by atoms with Crippen molar-refractivity contribution in [3.63, 3.8) is 0 Å². The van der Waals surface area contributed by atoms with Crippen molar-refractivity contribution in [2.45, 2.75) is 25.3 Å². The highest BCUT2D eigenvalue weighted by molar-refractivity contribution is 9.10. The van der Waals surface area contributed by atoms with Crippen molar-refractivity contribution in [2.75, 3.05) is 0 Å². The van der Waals surface area contributed by atoms with E-state index in [4.69, 9.17) is 16.3 Å². The Morgan fingerprint density at radius 2 is 1.75 bits per heavy atom. The molecule has 0 radical (unpaired) electrons. The van der Waals surface area contributed by atoms with Gasteiger partial charge in [-0.2, -0.15) is 0 Å². The molecule has 20 heavy (non-hydrogen) atoms. The van der Waals surface area contributed by atoms with E-state index in [1.54, 1.807) is 12.1 Å². The van der Waals surface area contributed by atoms with Gasteiger partial charge in [0.25, 0.3) is 0 Å². The van der Waals surface area contributed by atoms with E-state index in [0.29, 0.717) is 5.56 Å². The van der Waals surface area contributed by atoms with Crippen LogP contribution in [0.5, 0.6) is 5.75 Å². The summed E-state index contributed by atoms with van der Waals surface area (Å²) in [6.07, 6.45) is 0.121. The maximum absolute atomic E-state index is 13.8. The second kappa shape index (κ2) is 6.59. The largest absolute Gasteiger partial charge is 0.491 e.